The number of hydrogen-bond acceptors (Lipinski definition) is 4. The molecule has 0 aliphatic rings. The van der Waals surface area contributed by atoms with E-state index in [1.807, 2.05) is 6.07 Å². The van der Waals surface area contributed by atoms with Gasteiger partial charge in [-0.3, -0.25) is 9.59 Å². The van der Waals surface area contributed by atoms with Crippen LogP contribution in [0, 0.1) is 0 Å². The Bertz CT molecular complexity index is 705. The molecule has 0 fully saturated rings. The second-order valence-corrected chi connectivity index (χ2v) is 5.62. The van der Waals surface area contributed by atoms with Crippen molar-refractivity contribution in [2.45, 2.75) is 6.42 Å². The lowest BCUT2D eigenvalue weighted by Gasteiger charge is -2.11. The second kappa shape index (κ2) is 9.17. The molecular weight excluding hydrogens is 328 g/mol. The number of hydrogen-bond donors (Lipinski definition) is 3. The van der Waals surface area contributed by atoms with Crippen LogP contribution in [0.5, 0.6) is 0 Å². The van der Waals surface area contributed by atoms with Gasteiger partial charge < -0.3 is 15.7 Å². The zero-order valence-electron chi connectivity index (χ0n) is 13.1. The van der Waals surface area contributed by atoms with Crippen molar-refractivity contribution in [3.8, 4) is 0 Å². The fraction of sp³-hybridized carbons (Fsp3) is 0.222. The van der Waals surface area contributed by atoms with Gasteiger partial charge in [0.1, 0.15) is 0 Å². The number of ketones is 1. The van der Waals surface area contributed by atoms with E-state index in [9.17, 15) is 9.59 Å². The standard InChI is InChI=1S/C18H19ClN2O3/c19-14-7-8-16(21-17(23)12-20-9-4-10-22)15(11-14)18(24)13-5-2-1-3-6-13/h1-3,5-8,11,20,22H,4,9-10,12H2,(H,21,23). The molecular formula is C18H19ClN2O3. The Hall–Kier alpha value is -2.21. The summed E-state index contributed by atoms with van der Waals surface area (Å²) in [6, 6.07) is 13.6. The largest absolute Gasteiger partial charge is 0.396 e. The Kier molecular flexibility index (Phi) is 6.93. The third-order valence-corrected chi connectivity index (χ3v) is 3.57. The lowest BCUT2D eigenvalue weighted by Crippen LogP contribution is -2.29. The third-order valence-electron chi connectivity index (χ3n) is 3.33. The normalized spacial score (nSPS) is 10.4. The van der Waals surface area contributed by atoms with Gasteiger partial charge in [0, 0.05) is 22.8 Å². The highest BCUT2D eigenvalue weighted by Gasteiger charge is 2.15. The molecule has 6 heteroatoms. The van der Waals surface area contributed by atoms with Crippen LogP contribution in [0.15, 0.2) is 48.5 Å². The molecule has 0 atom stereocenters. The number of halogens is 1. The lowest BCUT2D eigenvalue weighted by molar-refractivity contribution is -0.115. The van der Waals surface area contributed by atoms with Gasteiger partial charge in [0.25, 0.3) is 0 Å². The minimum atomic E-state index is -0.266. The molecule has 5 nitrogen and oxygen atoms in total. The number of anilines is 1. The Labute approximate surface area is 145 Å². The second-order valence-electron chi connectivity index (χ2n) is 5.19. The molecule has 0 aliphatic carbocycles. The maximum absolute atomic E-state index is 12.6. The van der Waals surface area contributed by atoms with Crippen LogP contribution in [-0.4, -0.2) is 36.5 Å². The van der Waals surface area contributed by atoms with Crippen LogP contribution >= 0.6 is 11.6 Å². The number of aliphatic hydroxyl groups is 1. The van der Waals surface area contributed by atoms with Crippen LogP contribution in [0.3, 0.4) is 0 Å². The molecule has 0 aromatic heterocycles. The highest BCUT2D eigenvalue weighted by molar-refractivity contribution is 6.31. The van der Waals surface area contributed by atoms with Crippen LogP contribution < -0.4 is 10.6 Å². The third kappa shape index (κ3) is 5.16. The number of aliphatic hydroxyl groups excluding tert-OH is 1. The summed E-state index contributed by atoms with van der Waals surface area (Å²) in [5.74, 6) is -0.473. The Balaban J connectivity index is 2.13. The molecule has 0 bridgehead atoms. The van der Waals surface area contributed by atoms with Gasteiger partial charge in [0.2, 0.25) is 5.91 Å². The van der Waals surface area contributed by atoms with E-state index in [2.05, 4.69) is 10.6 Å². The molecule has 126 valence electrons. The van der Waals surface area contributed by atoms with Crippen molar-refractivity contribution >= 4 is 29.0 Å². The van der Waals surface area contributed by atoms with Gasteiger partial charge in [-0.25, -0.2) is 0 Å². The summed E-state index contributed by atoms with van der Waals surface area (Å²) >= 11 is 6.00. The number of carbonyl (C=O) groups is 2. The van der Waals surface area contributed by atoms with E-state index in [0.717, 1.165) is 0 Å². The summed E-state index contributed by atoms with van der Waals surface area (Å²) in [5.41, 5.74) is 1.29. The summed E-state index contributed by atoms with van der Waals surface area (Å²) in [6.45, 7) is 0.712. The van der Waals surface area contributed by atoms with Gasteiger partial charge >= 0.3 is 0 Å². The van der Waals surface area contributed by atoms with E-state index in [-0.39, 0.29) is 24.8 Å². The van der Waals surface area contributed by atoms with Gasteiger partial charge in [-0.05, 0) is 31.2 Å². The summed E-state index contributed by atoms with van der Waals surface area (Å²) < 4.78 is 0. The highest BCUT2D eigenvalue weighted by atomic mass is 35.5. The first-order chi connectivity index (χ1) is 11.6. The summed E-state index contributed by atoms with van der Waals surface area (Å²) in [5, 5.41) is 14.8. The molecule has 0 aliphatic heterocycles. The van der Waals surface area contributed by atoms with Crippen molar-refractivity contribution in [1.82, 2.24) is 5.32 Å². The molecule has 0 saturated carbocycles. The number of carbonyl (C=O) groups excluding carboxylic acids is 2. The zero-order chi connectivity index (χ0) is 17.4. The van der Waals surface area contributed by atoms with Crippen LogP contribution in [0.4, 0.5) is 5.69 Å². The van der Waals surface area contributed by atoms with E-state index in [4.69, 9.17) is 16.7 Å². The van der Waals surface area contributed by atoms with Crippen molar-refractivity contribution in [3.63, 3.8) is 0 Å². The van der Waals surface area contributed by atoms with Crippen LogP contribution in [0.25, 0.3) is 0 Å². The maximum Gasteiger partial charge on any atom is 0.238 e. The van der Waals surface area contributed by atoms with Gasteiger partial charge in [-0.15, -0.1) is 0 Å². The predicted molar refractivity (Wildman–Crippen MR) is 94.5 cm³/mol. The smallest absolute Gasteiger partial charge is 0.238 e. The van der Waals surface area contributed by atoms with Gasteiger partial charge in [0.05, 0.1) is 12.2 Å². The first-order valence-electron chi connectivity index (χ1n) is 7.62. The van der Waals surface area contributed by atoms with Gasteiger partial charge in [0.15, 0.2) is 5.78 Å². The molecule has 2 rings (SSSR count). The van der Waals surface area contributed by atoms with Gasteiger partial charge in [-0.2, -0.15) is 0 Å². The van der Waals surface area contributed by atoms with Crippen molar-refractivity contribution in [2.24, 2.45) is 0 Å². The SMILES string of the molecule is O=C(CNCCCO)Nc1ccc(Cl)cc1C(=O)c1ccccc1. The average molecular weight is 347 g/mol. The molecule has 24 heavy (non-hydrogen) atoms. The molecule has 2 aromatic carbocycles. The average Bonchev–Trinajstić information content (AvgIpc) is 2.60. The highest BCUT2D eigenvalue weighted by Crippen LogP contribution is 2.23. The molecule has 2 aromatic rings. The topological polar surface area (TPSA) is 78.4 Å². The molecule has 0 radical (unpaired) electrons. The summed E-state index contributed by atoms with van der Waals surface area (Å²) in [7, 11) is 0. The summed E-state index contributed by atoms with van der Waals surface area (Å²) in [6.07, 6.45) is 0.575. The Morgan fingerprint density at radius 1 is 1.08 bits per heavy atom. The zero-order valence-corrected chi connectivity index (χ0v) is 13.8. The number of nitrogens with one attached hydrogen (secondary N) is 2. The van der Waals surface area contributed by atoms with E-state index in [1.165, 1.54) is 0 Å². The fourth-order valence-electron chi connectivity index (χ4n) is 2.16. The molecule has 1 amide bonds. The predicted octanol–water partition coefficient (Wildman–Crippen LogP) is 2.48. The quantitative estimate of drug-likeness (QED) is 0.507. The first-order valence-corrected chi connectivity index (χ1v) is 8.00. The Morgan fingerprint density at radius 3 is 2.54 bits per heavy atom. The Morgan fingerprint density at radius 2 is 1.83 bits per heavy atom. The number of amides is 1. The monoisotopic (exact) mass is 346 g/mol. The maximum atomic E-state index is 12.6. The van der Waals surface area contributed by atoms with E-state index in [0.29, 0.717) is 34.8 Å². The van der Waals surface area contributed by atoms with Crippen molar-refractivity contribution in [3.05, 3.63) is 64.7 Å². The molecule has 0 unspecified atom stereocenters. The molecule has 3 N–H and O–H groups in total. The van der Waals surface area contributed by atoms with Crippen molar-refractivity contribution < 1.29 is 14.7 Å². The summed E-state index contributed by atoms with van der Waals surface area (Å²) in [4.78, 5) is 24.6. The van der Waals surface area contributed by atoms with E-state index in [1.54, 1.807) is 42.5 Å². The number of benzene rings is 2. The van der Waals surface area contributed by atoms with E-state index >= 15 is 0 Å². The number of rotatable bonds is 8. The molecule has 0 saturated heterocycles. The van der Waals surface area contributed by atoms with Crippen molar-refractivity contribution in [1.29, 1.82) is 0 Å². The minimum Gasteiger partial charge on any atom is -0.396 e. The molecule has 0 heterocycles. The first kappa shape index (κ1) is 18.1. The van der Waals surface area contributed by atoms with Gasteiger partial charge in [-0.1, -0.05) is 41.9 Å². The van der Waals surface area contributed by atoms with Crippen LogP contribution in [-0.2, 0) is 4.79 Å². The fourth-order valence-corrected chi connectivity index (χ4v) is 2.33. The molecule has 0 spiro atoms. The lowest BCUT2D eigenvalue weighted by atomic mass is 10.0. The van der Waals surface area contributed by atoms with Crippen LogP contribution in [0.2, 0.25) is 5.02 Å². The minimum absolute atomic E-state index is 0.0710. The van der Waals surface area contributed by atoms with E-state index < -0.39 is 0 Å². The van der Waals surface area contributed by atoms with Crippen LogP contribution in [0.1, 0.15) is 22.3 Å². The van der Waals surface area contributed by atoms with Crippen molar-refractivity contribution in [2.75, 3.05) is 25.0 Å².